The number of nitrogens with zero attached hydrogens (tertiary/aromatic N) is 2. The Bertz CT molecular complexity index is 897. The second-order valence-corrected chi connectivity index (χ2v) is 7.74. The summed E-state index contributed by atoms with van der Waals surface area (Å²) in [7, 11) is 0. The number of urea groups is 1. The molecule has 0 spiro atoms. The number of benzene rings is 1. The fourth-order valence-electron chi connectivity index (χ4n) is 3.34. The van der Waals surface area contributed by atoms with E-state index in [2.05, 4.69) is 43.2 Å². The molecular formula is C20H23N5OS. The van der Waals surface area contributed by atoms with Gasteiger partial charge in [-0.1, -0.05) is 24.3 Å². The van der Waals surface area contributed by atoms with E-state index in [0.717, 1.165) is 48.7 Å². The van der Waals surface area contributed by atoms with Crippen molar-refractivity contribution < 1.29 is 4.79 Å². The number of carbonyl (C=O) groups is 1. The van der Waals surface area contributed by atoms with Gasteiger partial charge in [-0.2, -0.15) is 5.10 Å². The highest BCUT2D eigenvalue weighted by Gasteiger charge is 2.22. The molecule has 0 unspecified atom stereocenters. The van der Waals surface area contributed by atoms with Crippen LogP contribution >= 0.6 is 11.3 Å². The Balaban J connectivity index is 1.29. The zero-order valence-corrected chi connectivity index (χ0v) is 16.1. The summed E-state index contributed by atoms with van der Waals surface area (Å²) in [5.41, 5.74) is 2.96. The Kier molecular flexibility index (Phi) is 5.11. The average molecular weight is 382 g/mol. The Labute approximate surface area is 162 Å². The Morgan fingerprint density at radius 2 is 2.04 bits per heavy atom. The number of anilines is 2. The van der Waals surface area contributed by atoms with Crippen LogP contribution in [-0.2, 0) is 0 Å². The van der Waals surface area contributed by atoms with Crippen LogP contribution in [-0.4, -0.2) is 35.4 Å². The van der Waals surface area contributed by atoms with Crippen molar-refractivity contribution in [1.82, 2.24) is 15.5 Å². The molecule has 1 aliphatic rings. The van der Waals surface area contributed by atoms with Crippen LogP contribution in [0.25, 0.3) is 10.6 Å². The fourth-order valence-corrected chi connectivity index (χ4v) is 4.03. The lowest BCUT2D eigenvalue weighted by atomic mass is 10.1. The van der Waals surface area contributed by atoms with E-state index in [1.165, 1.54) is 4.88 Å². The maximum atomic E-state index is 12.3. The van der Waals surface area contributed by atoms with E-state index in [1.54, 1.807) is 11.3 Å². The average Bonchev–Trinajstić information content (AvgIpc) is 3.36. The van der Waals surface area contributed by atoms with Gasteiger partial charge in [-0.05, 0) is 42.8 Å². The number of amides is 2. The maximum Gasteiger partial charge on any atom is 0.319 e. The van der Waals surface area contributed by atoms with Gasteiger partial charge < -0.3 is 15.5 Å². The lowest BCUT2D eigenvalue weighted by Crippen LogP contribution is -2.46. The van der Waals surface area contributed by atoms with Gasteiger partial charge in [0, 0.05) is 30.9 Å². The number of aromatic nitrogens is 2. The van der Waals surface area contributed by atoms with Gasteiger partial charge >= 0.3 is 6.03 Å². The fraction of sp³-hybridized carbons (Fsp3) is 0.300. The number of rotatable bonds is 4. The number of para-hydroxylation sites is 1. The number of nitrogens with one attached hydrogen (secondary N) is 3. The van der Waals surface area contributed by atoms with Crippen molar-refractivity contribution in [2.75, 3.05) is 23.3 Å². The molecular weight excluding hydrogens is 358 g/mol. The van der Waals surface area contributed by atoms with Gasteiger partial charge in [0.25, 0.3) is 0 Å². The molecule has 7 heteroatoms. The summed E-state index contributed by atoms with van der Waals surface area (Å²) in [6.45, 7) is 3.75. The number of hydrogen-bond acceptors (Lipinski definition) is 4. The van der Waals surface area contributed by atoms with Crippen molar-refractivity contribution in [3.63, 3.8) is 0 Å². The summed E-state index contributed by atoms with van der Waals surface area (Å²) in [4.78, 5) is 15.7. The predicted molar refractivity (Wildman–Crippen MR) is 110 cm³/mol. The largest absolute Gasteiger partial charge is 0.355 e. The first-order chi connectivity index (χ1) is 13.2. The van der Waals surface area contributed by atoms with E-state index in [-0.39, 0.29) is 12.1 Å². The van der Waals surface area contributed by atoms with Crippen LogP contribution in [0, 0.1) is 6.92 Å². The number of hydrogen-bond donors (Lipinski definition) is 3. The first-order valence-electron chi connectivity index (χ1n) is 9.16. The minimum Gasteiger partial charge on any atom is -0.355 e. The maximum absolute atomic E-state index is 12.3. The third-order valence-corrected chi connectivity index (χ3v) is 5.80. The summed E-state index contributed by atoms with van der Waals surface area (Å²) in [5, 5.41) is 15.7. The van der Waals surface area contributed by atoms with Gasteiger partial charge in [-0.25, -0.2) is 4.79 Å². The Hall–Kier alpha value is -2.80. The summed E-state index contributed by atoms with van der Waals surface area (Å²) < 4.78 is 0. The first kappa shape index (κ1) is 17.6. The van der Waals surface area contributed by atoms with E-state index in [1.807, 2.05) is 37.3 Å². The molecule has 3 heterocycles. The second-order valence-electron chi connectivity index (χ2n) is 6.79. The van der Waals surface area contributed by atoms with Crippen molar-refractivity contribution in [1.29, 1.82) is 0 Å². The molecule has 3 aromatic rings. The molecule has 0 radical (unpaired) electrons. The lowest BCUT2D eigenvalue weighted by Gasteiger charge is -2.32. The molecule has 0 bridgehead atoms. The van der Waals surface area contributed by atoms with E-state index >= 15 is 0 Å². The van der Waals surface area contributed by atoms with Crippen molar-refractivity contribution in [3.8, 4) is 10.6 Å². The summed E-state index contributed by atoms with van der Waals surface area (Å²) in [5.74, 6) is 0.973. The molecule has 0 saturated carbocycles. The van der Waals surface area contributed by atoms with Crippen molar-refractivity contribution in [2.45, 2.75) is 25.8 Å². The molecule has 6 nitrogen and oxygen atoms in total. The van der Waals surface area contributed by atoms with Crippen molar-refractivity contribution in [3.05, 3.63) is 53.4 Å². The first-order valence-corrected chi connectivity index (χ1v) is 10.0. The van der Waals surface area contributed by atoms with Gasteiger partial charge in [0.1, 0.15) is 0 Å². The van der Waals surface area contributed by atoms with Gasteiger partial charge in [0.05, 0.1) is 10.6 Å². The molecule has 2 aromatic heterocycles. The second kappa shape index (κ2) is 7.84. The Morgan fingerprint density at radius 3 is 2.78 bits per heavy atom. The number of carbonyl (C=O) groups excluding carboxylic acids is 1. The van der Waals surface area contributed by atoms with E-state index in [9.17, 15) is 4.79 Å². The van der Waals surface area contributed by atoms with E-state index in [0.29, 0.717) is 0 Å². The molecule has 0 aliphatic carbocycles. The monoisotopic (exact) mass is 381 g/mol. The van der Waals surface area contributed by atoms with Crippen LogP contribution in [0.4, 0.5) is 16.3 Å². The number of aryl methyl sites for hydroxylation is 1. The molecule has 3 N–H and O–H groups in total. The molecule has 4 rings (SSSR count). The molecule has 27 heavy (non-hydrogen) atoms. The molecule has 1 aliphatic heterocycles. The summed E-state index contributed by atoms with van der Waals surface area (Å²) in [6.07, 6.45) is 1.81. The highest BCUT2D eigenvalue weighted by molar-refractivity contribution is 7.13. The Morgan fingerprint density at radius 1 is 1.22 bits per heavy atom. The quantitative estimate of drug-likeness (QED) is 0.633. The smallest absolute Gasteiger partial charge is 0.319 e. The summed E-state index contributed by atoms with van der Waals surface area (Å²) in [6, 6.07) is 14.1. The van der Waals surface area contributed by atoms with Crippen LogP contribution in [0.3, 0.4) is 0 Å². The van der Waals surface area contributed by atoms with Crippen LogP contribution in [0.2, 0.25) is 0 Å². The third kappa shape index (κ3) is 4.14. The number of aromatic amines is 1. The molecule has 1 aromatic carbocycles. The highest BCUT2D eigenvalue weighted by atomic mass is 32.1. The molecule has 2 amide bonds. The number of H-pyrrole nitrogens is 1. The lowest BCUT2D eigenvalue weighted by molar-refractivity contribution is 0.246. The molecule has 1 fully saturated rings. The molecule has 1 saturated heterocycles. The topological polar surface area (TPSA) is 73.1 Å². The van der Waals surface area contributed by atoms with Gasteiger partial charge in [0.2, 0.25) is 0 Å². The van der Waals surface area contributed by atoms with Crippen molar-refractivity contribution >= 4 is 28.9 Å². The zero-order chi connectivity index (χ0) is 18.6. The van der Waals surface area contributed by atoms with Crippen LogP contribution in [0.5, 0.6) is 0 Å². The van der Waals surface area contributed by atoms with E-state index in [4.69, 9.17) is 0 Å². The highest BCUT2D eigenvalue weighted by Crippen LogP contribution is 2.27. The minimum absolute atomic E-state index is 0.137. The van der Waals surface area contributed by atoms with E-state index < -0.39 is 0 Å². The van der Waals surface area contributed by atoms with Gasteiger partial charge in [-0.3, -0.25) is 5.10 Å². The van der Waals surface area contributed by atoms with Crippen molar-refractivity contribution in [2.24, 2.45) is 0 Å². The molecule has 140 valence electrons. The summed E-state index contributed by atoms with van der Waals surface area (Å²) >= 11 is 1.70. The number of piperidine rings is 1. The SMILES string of the molecule is Cc1ccccc1NC(=O)NC1CCN(c2cc(-c3cccs3)[nH]n2)CC1. The van der Waals surface area contributed by atoms with Crippen LogP contribution in [0.15, 0.2) is 47.8 Å². The van der Waals surface area contributed by atoms with Crippen LogP contribution < -0.4 is 15.5 Å². The van der Waals surface area contributed by atoms with Crippen LogP contribution in [0.1, 0.15) is 18.4 Å². The third-order valence-electron chi connectivity index (χ3n) is 4.90. The number of thiophene rings is 1. The zero-order valence-electron chi connectivity index (χ0n) is 15.2. The normalized spacial score (nSPS) is 14.9. The predicted octanol–water partition coefficient (Wildman–Crippen LogP) is 4.24. The van der Waals surface area contributed by atoms with Gasteiger partial charge in [-0.15, -0.1) is 11.3 Å². The molecule has 0 atom stereocenters. The standard InChI is InChI=1S/C20H23N5OS/c1-14-5-2-3-6-16(14)22-20(26)21-15-8-10-25(11-9-15)19-13-17(23-24-19)18-7-4-12-27-18/h2-7,12-13,15H,8-11H2,1H3,(H,23,24)(H2,21,22,26). The van der Waals surface area contributed by atoms with Gasteiger partial charge in [0.15, 0.2) is 5.82 Å². The minimum atomic E-state index is -0.137.